The van der Waals surface area contributed by atoms with Crippen LogP contribution in [0, 0.1) is 11.8 Å². The van der Waals surface area contributed by atoms with E-state index in [1.54, 1.807) is 12.1 Å². The van der Waals surface area contributed by atoms with Crippen molar-refractivity contribution in [1.82, 2.24) is 0 Å². The first kappa shape index (κ1) is 11.1. The summed E-state index contributed by atoms with van der Waals surface area (Å²) < 4.78 is 0. The lowest BCUT2D eigenvalue weighted by molar-refractivity contribution is -0.117. The van der Waals surface area contributed by atoms with Crippen LogP contribution in [0.5, 0.6) is 5.75 Å². The van der Waals surface area contributed by atoms with Crippen LogP contribution < -0.4 is 5.73 Å². The normalized spacial score (nSPS) is 9.13. The van der Waals surface area contributed by atoms with Crippen LogP contribution in [-0.4, -0.2) is 16.1 Å². The van der Waals surface area contributed by atoms with E-state index in [-0.39, 0.29) is 18.8 Å². The molecule has 0 aliphatic rings. The van der Waals surface area contributed by atoms with Crippen LogP contribution in [-0.2, 0) is 11.4 Å². The van der Waals surface area contributed by atoms with Crippen molar-refractivity contribution >= 4 is 5.91 Å². The minimum absolute atomic E-state index is 0.00463. The maximum absolute atomic E-state index is 10.4. The average molecular weight is 205 g/mol. The second-order valence-corrected chi connectivity index (χ2v) is 2.95. The van der Waals surface area contributed by atoms with Crippen molar-refractivity contribution in [3.8, 4) is 17.6 Å². The van der Waals surface area contributed by atoms with Crippen molar-refractivity contribution < 1.29 is 15.0 Å². The third-order valence-electron chi connectivity index (χ3n) is 1.75. The summed E-state index contributed by atoms with van der Waals surface area (Å²) >= 11 is 0. The highest BCUT2D eigenvalue weighted by Gasteiger charge is 1.99. The summed E-state index contributed by atoms with van der Waals surface area (Å²) in [4.78, 5) is 10.4. The molecule has 1 rings (SSSR count). The van der Waals surface area contributed by atoms with E-state index in [9.17, 15) is 9.90 Å². The minimum Gasteiger partial charge on any atom is -0.508 e. The molecule has 0 saturated heterocycles. The van der Waals surface area contributed by atoms with Crippen molar-refractivity contribution in [2.45, 2.75) is 13.0 Å². The van der Waals surface area contributed by atoms with Gasteiger partial charge in [0.2, 0.25) is 5.91 Å². The summed E-state index contributed by atoms with van der Waals surface area (Å²) in [5.74, 6) is 4.83. The largest absolute Gasteiger partial charge is 0.508 e. The van der Waals surface area contributed by atoms with Gasteiger partial charge in [0.05, 0.1) is 13.0 Å². The second-order valence-electron chi connectivity index (χ2n) is 2.95. The molecule has 4 N–H and O–H groups in total. The van der Waals surface area contributed by atoms with E-state index in [4.69, 9.17) is 10.8 Å². The molecule has 0 atom stereocenters. The standard InChI is InChI=1S/C11H11NO3/c12-11(15)3-1-2-8-4-5-10(14)9(6-8)7-13/h4-6,13-14H,3,7H2,(H2,12,15). The van der Waals surface area contributed by atoms with Gasteiger partial charge < -0.3 is 15.9 Å². The molecule has 1 amide bonds. The topological polar surface area (TPSA) is 83.6 Å². The van der Waals surface area contributed by atoms with Crippen LogP contribution >= 0.6 is 0 Å². The Hall–Kier alpha value is -1.99. The van der Waals surface area contributed by atoms with Gasteiger partial charge >= 0.3 is 0 Å². The summed E-state index contributed by atoms with van der Waals surface area (Å²) in [6, 6.07) is 4.60. The zero-order valence-corrected chi connectivity index (χ0v) is 8.03. The van der Waals surface area contributed by atoms with E-state index >= 15 is 0 Å². The van der Waals surface area contributed by atoms with Crippen molar-refractivity contribution in [2.24, 2.45) is 5.73 Å². The molecule has 0 saturated carbocycles. The van der Waals surface area contributed by atoms with Gasteiger partial charge in [-0.05, 0) is 18.2 Å². The summed E-state index contributed by atoms with van der Waals surface area (Å²) in [6.07, 6.45) is -0.00463. The van der Waals surface area contributed by atoms with Gasteiger partial charge in [-0.15, -0.1) is 0 Å². The molecule has 0 aliphatic carbocycles. The number of amides is 1. The van der Waals surface area contributed by atoms with Gasteiger partial charge in [0.25, 0.3) is 0 Å². The quantitative estimate of drug-likeness (QED) is 0.599. The van der Waals surface area contributed by atoms with Gasteiger partial charge in [0.15, 0.2) is 0 Å². The maximum Gasteiger partial charge on any atom is 0.229 e. The van der Waals surface area contributed by atoms with E-state index in [0.717, 1.165) is 0 Å². The molecule has 0 aliphatic heterocycles. The molecular weight excluding hydrogens is 194 g/mol. The number of carbonyl (C=O) groups excluding carboxylic acids is 1. The third kappa shape index (κ3) is 3.33. The van der Waals surface area contributed by atoms with Crippen LogP contribution in [0.2, 0.25) is 0 Å². The Morgan fingerprint density at radius 1 is 1.47 bits per heavy atom. The summed E-state index contributed by atoms with van der Waals surface area (Å²) in [6.45, 7) is -0.253. The molecule has 4 nitrogen and oxygen atoms in total. The van der Waals surface area contributed by atoms with Crippen molar-refractivity contribution in [1.29, 1.82) is 0 Å². The van der Waals surface area contributed by atoms with Crippen LogP contribution in [0.1, 0.15) is 17.5 Å². The van der Waals surface area contributed by atoms with Gasteiger partial charge in [-0.1, -0.05) is 11.8 Å². The molecule has 0 bridgehead atoms. The third-order valence-corrected chi connectivity index (χ3v) is 1.75. The van der Waals surface area contributed by atoms with Crippen molar-refractivity contribution in [3.63, 3.8) is 0 Å². The van der Waals surface area contributed by atoms with Gasteiger partial charge in [-0.25, -0.2) is 0 Å². The van der Waals surface area contributed by atoms with Gasteiger partial charge in [0, 0.05) is 11.1 Å². The smallest absolute Gasteiger partial charge is 0.229 e. The molecule has 15 heavy (non-hydrogen) atoms. The van der Waals surface area contributed by atoms with Gasteiger partial charge in [0.1, 0.15) is 5.75 Å². The van der Waals surface area contributed by atoms with Gasteiger partial charge in [-0.3, -0.25) is 4.79 Å². The second kappa shape index (κ2) is 5.03. The summed E-state index contributed by atoms with van der Waals surface area (Å²) in [5.41, 5.74) is 5.94. The lowest BCUT2D eigenvalue weighted by atomic mass is 10.1. The van der Waals surface area contributed by atoms with Gasteiger partial charge in [-0.2, -0.15) is 0 Å². The molecular formula is C11H11NO3. The Balaban J connectivity index is 2.85. The predicted molar refractivity (Wildman–Crippen MR) is 54.7 cm³/mol. The van der Waals surface area contributed by atoms with Crippen molar-refractivity contribution in [2.75, 3.05) is 0 Å². The fourth-order valence-corrected chi connectivity index (χ4v) is 1.02. The fourth-order valence-electron chi connectivity index (χ4n) is 1.02. The lowest BCUT2D eigenvalue weighted by Gasteiger charge is -2.00. The Morgan fingerprint density at radius 3 is 2.80 bits per heavy atom. The Labute approximate surface area is 87.3 Å². The van der Waals surface area contributed by atoms with E-state index in [1.165, 1.54) is 6.07 Å². The zero-order valence-electron chi connectivity index (χ0n) is 8.03. The summed E-state index contributed by atoms with van der Waals surface area (Å²) in [7, 11) is 0. The lowest BCUT2D eigenvalue weighted by Crippen LogP contribution is -2.08. The van der Waals surface area contributed by atoms with Crippen LogP contribution in [0.15, 0.2) is 18.2 Å². The Kier molecular flexibility index (Phi) is 3.72. The molecule has 0 fully saturated rings. The van der Waals surface area contributed by atoms with E-state index in [0.29, 0.717) is 11.1 Å². The molecule has 0 radical (unpaired) electrons. The number of aromatic hydroxyl groups is 1. The molecule has 1 aromatic rings. The Morgan fingerprint density at radius 2 is 2.20 bits per heavy atom. The monoisotopic (exact) mass is 205 g/mol. The number of aliphatic hydroxyl groups excluding tert-OH is 1. The average Bonchev–Trinajstić information content (AvgIpc) is 2.20. The van der Waals surface area contributed by atoms with Crippen LogP contribution in [0.25, 0.3) is 0 Å². The first-order valence-electron chi connectivity index (χ1n) is 4.33. The van der Waals surface area contributed by atoms with E-state index in [2.05, 4.69) is 11.8 Å². The molecule has 0 aromatic heterocycles. The zero-order chi connectivity index (χ0) is 11.3. The molecule has 78 valence electrons. The highest BCUT2D eigenvalue weighted by molar-refractivity contribution is 5.76. The molecule has 4 heteroatoms. The maximum atomic E-state index is 10.4. The number of phenols is 1. The fraction of sp³-hybridized carbons (Fsp3) is 0.182. The first-order chi connectivity index (χ1) is 7.13. The number of nitrogens with two attached hydrogens (primary N) is 1. The number of hydrogen-bond acceptors (Lipinski definition) is 3. The van der Waals surface area contributed by atoms with Crippen molar-refractivity contribution in [3.05, 3.63) is 29.3 Å². The van der Waals surface area contributed by atoms with E-state index in [1.807, 2.05) is 0 Å². The van der Waals surface area contributed by atoms with E-state index < -0.39 is 5.91 Å². The minimum atomic E-state index is -0.483. The number of rotatable bonds is 2. The number of primary amides is 1. The number of benzene rings is 1. The molecule has 0 heterocycles. The number of aliphatic hydroxyl groups is 1. The highest BCUT2D eigenvalue weighted by Crippen LogP contribution is 2.17. The number of hydrogen-bond donors (Lipinski definition) is 3. The molecule has 1 aromatic carbocycles. The molecule has 0 unspecified atom stereocenters. The number of carbonyl (C=O) groups is 1. The SMILES string of the molecule is NC(=O)CC#Cc1ccc(O)c(CO)c1. The highest BCUT2D eigenvalue weighted by atomic mass is 16.3. The first-order valence-corrected chi connectivity index (χ1v) is 4.33. The summed E-state index contributed by atoms with van der Waals surface area (Å²) in [5, 5.41) is 18.1. The van der Waals surface area contributed by atoms with Crippen LogP contribution in [0.4, 0.5) is 0 Å². The Bertz CT molecular complexity index is 429. The van der Waals surface area contributed by atoms with Crippen LogP contribution in [0.3, 0.4) is 0 Å². The predicted octanol–water partition coefficient (Wildman–Crippen LogP) is 0.111. The molecule has 0 spiro atoms.